The van der Waals surface area contributed by atoms with E-state index in [1.54, 1.807) is 38.1 Å². The second-order valence-electron chi connectivity index (χ2n) is 8.29. The number of carboxylic acids is 1. The highest BCUT2D eigenvalue weighted by Gasteiger charge is 2.41. The predicted molar refractivity (Wildman–Crippen MR) is 140 cm³/mol. The topological polar surface area (TPSA) is 148 Å². The van der Waals surface area contributed by atoms with E-state index in [1.165, 1.54) is 42.5 Å². The average molecular weight is 573 g/mol. The number of hydrogen-bond acceptors (Lipinski definition) is 7. The Bertz CT molecular complexity index is 1410. The Labute approximate surface area is 232 Å². The van der Waals surface area contributed by atoms with E-state index in [-0.39, 0.29) is 26.7 Å². The SMILES string of the molecule is Cc1ccc(C(=O)O[C@H](C(=O)O)[C@@H](OC(=O)c2ccc(C)cc2)C(=O)NNC(=O)c2ccc(Cl)cc2Cl)cc1. The van der Waals surface area contributed by atoms with Gasteiger partial charge in [-0.05, 0) is 56.3 Å². The Kier molecular flexibility index (Phi) is 9.64. The largest absolute Gasteiger partial charge is 0.478 e. The van der Waals surface area contributed by atoms with Crippen molar-refractivity contribution in [1.29, 1.82) is 0 Å². The number of aliphatic carboxylic acids is 1. The van der Waals surface area contributed by atoms with Crippen LogP contribution in [-0.2, 0) is 19.1 Å². The number of benzene rings is 3. The zero-order valence-corrected chi connectivity index (χ0v) is 22.1. The number of amides is 2. The summed E-state index contributed by atoms with van der Waals surface area (Å²) in [4.78, 5) is 63.1. The summed E-state index contributed by atoms with van der Waals surface area (Å²) < 4.78 is 10.3. The summed E-state index contributed by atoms with van der Waals surface area (Å²) in [7, 11) is 0. The normalized spacial score (nSPS) is 12.0. The highest BCUT2D eigenvalue weighted by molar-refractivity contribution is 6.36. The third-order valence-electron chi connectivity index (χ3n) is 5.29. The molecule has 0 aliphatic rings. The molecule has 39 heavy (non-hydrogen) atoms. The van der Waals surface area contributed by atoms with Crippen molar-refractivity contribution in [3.05, 3.63) is 105 Å². The van der Waals surface area contributed by atoms with Crippen LogP contribution in [0.1, 0.15) is 42.2 Å². The Morgan fingerprint density at radius 1 is 0.718 bits per heavy atom. The minimum Gasteiger partial charge on any atom is -0.478 e. The van der Waals surface area contributed by atoms with Gasteiger partial charge in [0.2, 0.25) is 12.2 Å². The molecule has 0 unspecified atom stereocenters. The number of halogens is 2. The van der Waals surface area contributed by atoms with Crippen molar-refractivity contribution in [2.24, 2.45) is 0 Å². The molecule has 0 aliphatic carbocycles. The summed E-state index contributed by atoms with van der Waals surface area (Å²) in [6.07, 6.45) is -4.48. The van der Waals surface area contributed by atoms with Crippen molar-refractivity contribution in [2.45, 2.75) is 26.1 Å². The number of aryl methyl sites for hydroxylation is 2. The highest BCUT2D eigenvalue weighted by Crippen LogP contribution is 2.21. The van der Waals surface area contributed by atoms with Crippen molar-refractivity contribution in [2.75, 3.05) is 0 Å². The lowest BCUT2D eigenvalue weighted by Gasteiger charge is -2.23. The van der Waals surface area contributed by atoms with Gasteiger partial charge in [0.25, 0.3) is 11.8 Å². The molecule has 3 N–H and O–H groups in total. The number of carbonyl (C=O) groups is 5. The Balaban J connectivity index is 1.85. The third kappa shape index (κ3) is 7.79. The standard InChI is InChI=1S/C27H22Cl2N2O8/c1-14-3-7-16(8-4-14)26(36)38-21(22(25(34)35)39-27(37)17-9-5-15(2)6-10-17)24(33)31-30-23(32)19-12-11-18(28)13-20(19)29/h3-13,21-22H,1-2H3,(H,30,32)(H,31,33)(H,34,35)/t21-,22+/m1/s1. The number of ether oxygens (including phenoxy) is 2. The first kappa shape index (κ1) is 29.2. The van der Waals surface area contributed by atoms with E-state index in [0.29, 0.717) is 0 Å². The highest BCUT2D eigenvalue weighted by atomic mass is 35.5. The molecule has 202 valence electrons. The van der Waals surface area contributed by atoms with Crippen LogP contribution in [0.3, 0.4) is 0 Å². The van der Waals surface area contributed by atoms with Gasteiger partial charge in [-0.15, -0.1) is 0 Å². The lowest BCUT2D eigenvalue weighted by molar-refractivity contribution is -0.159. The average Bonchev–Trinajstić information content (AvgIpc) is 2.89. The van der Waals surface area contributed by atoms with E-state index in [2.05, 4.69) is 5.43 Å². The van der Waals surface area contributed by atoms with E-state index >= 15 is 0 Å². The van der Waals surface area contributed by atoms with Gasteiger partial charge in [-0.25, -0.2) is 14.4 Å². The molecule has 0 spiro atoms. The van der Waals surface area contributed by atoms with Crippen LogP contribution in [0, 0.1) is 13.8 Å². The quantitative estimate of drug-likeness (QED) is 0.272. The summed E-state index contributed by atoms with van der Waals surface area (Å²) in [5.41, 5.74) is 5.65. The second kappa shape index (κ2) is 12.9. The van der Waals surface area contributed by atoms with E-state index in [0.717, 1.165) is 11.1 Å². The number of esters is 2. The van der Waals surface area contributed by atoms with Gasteiger partial charge in [-0.1, -0.05) is 58.6 Å². The van der Waals surface area contributed by atoms with Gasteiger partial charge in [0.05, 0.1) is 21.7 Å². The summed E-state index contributed by atoms with van der Waals surface area (Å²) in [5, 5.41) is 10.1. The molecule has 3 aromatic rings. The summed E-state index contributed by atoms with van der Waals surface area (Å²) in [6.45, 7) is 3.57. The van der Waals surface area contributed by atoms with Crippen LogP contribution in [0.5, 0.6) is 0 Å². The molecule has 0 aliphatic heterocycles. The summed E-state index contributed by atoms with van der Waals surface area (Å²) in [5.74, 6) is -6.10. The van der Waals surface area contributed by atoms with Gasteiger partial charge in [0, 0.05) is 5.02 Å². The first-order chi connectivity index (χ1) is 18.5. The fourth-order valence-corrected chi connectivity index (χ4v) is 3.67. The van der Waals surface area contributed by atoms with Crippen LogP contribution in [0.25, 0.3) is 0 Å². The van der Waals surface area contributed by atoms with Crippen LogP contribution in [0.2, 0.25) is 10.0 Å². The zero-order chi connectivity index (χ0) is 28.7. The molecule has 0 fully saturated rings. The number of carboxylic acid groups (broad SMARTS) is 1. The van der Waals surface area contributed by atoms with Gasteiger partial charge in [-0.2, -0.15) is 0 Å². The van der Waals surface area contributed by atoms with Gasteiger partial charge < -0.3 is 14.6 Å². The molecule has 0 radical (unpaired) electrons. The minimum absolute atomic E-state index is 0.00144. The fourth-order valence-electron chi connectivity index (χ4n) is 3.17. The van der Waals surface area contributed by atoms with Crippen LogP contribution < -0.4 is 10.9 Å². The van der Waals surface area contributed by atoms with Gasteiger partial charge in [-0.3, -0.25) is 20.4 Å². The van der Waals surface area contributed by atoms with Crippen molar-refractivity contribution in [1.82, 2.24) is 10.9 Å². The van der Waals surface area contributed by atoms with Gasteiger partial charge in [0.15, 0.2) is 0 Å². The molecule has 10 nitrogen and oxygen atoms in total. The molecule has 12 heteroatoms. The molecule has 2 atom stereocenters. The monoisotopic (exact) mass is 572 g/mol. The molecule has 0 saturated carbocycles. The molecule has 2 amide bonds. The molecular weight excluding hydrogens is 551 g/mol. The van der Waals surface area contributed by atoms with E-state index in [4.69, 9.17) is 32.7 Å². The Morgan fingerprint density at radius 3 is 1.67 bits per heavy atom. The smallest absolute Gasteiger partial charge is 0.349 e. The predicted octanol–water partition coefficient (Wildman–Crippen LogP) is 3.91. The number of rotatable bonds is 8. The number of carbonyl (C=O) groups excluding carboxylic acids is 4. The first-order valence-electron chi connectivity index (χ1n) is 11.3. The van der Waals surface area contributed by atoms with Crippen LogP contribution in [0.15, 0.2) is 66.7 Å². The molecule has 0 saturated heterocycles. The van der Waals surface area contributed by atoms with Crippen LogP contribution in [-0.4, -0.2) is 47.0 Å². The van der Waals surface area contributed by atoms with Gasteiger partial charge >= 0.3 is 17.9 Å². The molecule has 3 aromatic carbocycles. The van der Waals surface area contributed by atoms with Crippen molar-refractivity contribution in [3.63, 3.8) is 0 Å². The summed E-state index contributed by atoms with van der Waals surface area (Å²) in [6, 6.07) is 16.0. The molecule has 0 bridgehead atoms. The van der Waals surface area contributed by atoms with Gasteiger partial charge in [0.1, 0.15) is 0 Å². The minimum atomic E-state index is -2.27. The maximum absolute atomic E-state index is 13.0. The van der Waals surface area contributed by atoms with Crippen molar-refractivity contribution < 1.29 is 38.6 Å². The van der Waals surface area contributed by atoms with E-state index in [1.807, 2.05) is 5.43 Å². The molecule has 0 aromatic heterocycles. The van der Waals surface area contributed by atoms with Crippen LogP contribution in [0.4, 0.5) is 0 Å². The maximum Gasteiger partial charge on any atom is 0.349 e. The lowest BCUT2D eigenvalue weighted by atomic mass is 10.1. The Morgan fingerprint density at radius 2 is 1.21 bits per heavy atom. The fraction of sp³-hybridized carbons (Fsp3) is 0.148. The number of hydrogen-bond donors (Lipinski definition) is 3. The van der Waals surface area contributed by atoms with E-state index < -0.39 is 41.9 Å². The second-order valence-corrected chi connectivity index (χ2v) is 9.13. The molecule has 0 heterocycles. The third-order valence-corrected chi connectivity index (χ3v) is 5.84. The maximum atomic E-state index is 13.0. The van der Waals surface area contributed by atoms with Crippen molar-refractivity contribution in [3.8, 4) is 0 Å². The van der Waals surface area contributed by atoms with E-state index in [9.17, 15) is 29.1 Å². The van der Waals surface area contributed by atoms with Crippen LogP contribution >= 0.6 is 23.2 Å². The molecular formula is C27H22Cl2N2O8. The lowest BCUT2D eigenvalue weighted by Crippen LogP contribution is -2.54. The zero-order valence-electron chi connectivity index (χ0n) is 20.6. The number of hydrazine groups is 1. The first-order valence-corrected chi connectivity index (χ1v) is 12.0. The number of nitrogens with one attached hydrogen (secondary N) is 2. The summed E-state index contributed by atoms with van der Waals surface area (Å²) >= 11 is 11.8. The van der Waals surface area contributed by atoms with Crippen molar-refractivity contribution >= 4 is 52.9 Å². The Hall–Kier alpha value is -4.41. The molecule has 3 rings (SSSR count).